The predicted molar refractivity (Wildman–Crippen MR) is 70.5 cm³/mol. The van der Waals surface area contributed by atoms with Gasteiger partial charge in [-0.05, 0) is 50.5 Å². The molecule has 16 heavy (non-hydrogen) atoms. The van der Waals surface area contributed by atoms with Gasteiger partial charge < -0.3 is 5.32 Å². The third-order valence-corrected chi connectivity index (χ3v) is 4.47. The first kappa shape index (κ1) is 12.2. The van der Waals surface area contributed by atoms with Gasteiger partial charge in [-0.15, -0.1) is 0 Å². The highest BCUT2D eigenvalue weighted by Gasteiger charge is 2.20. The van der Waals surface area contributed by atoms with E-state index in [1.807, 2.05) is 0 Å². The van der Waals surface area contributed by atoms with Crippen LogP contribution >= 0.6 is 0 Å². The Kier molecular flexibility index (Phi) is 4.90. The number of nitrogens with one attached hydrogen (secondary N) is 1. The van der Waals surface area contributed by atoms with Gasteiger partial charge in [0.05, 0.1) is 0 Å². The molecule has 1 saturated carbocycles. The maximum atomic E-state index is 3.74. The van der Waals surface area contributed by atoms with Crippen molar-refractivity contribution < 1.29 is 0 Å². The van der Waals surface area contributed by atoms with E-state index in [0.717, 1.165) is 11.8 Å². The average molecular weight is 221 g/mol. The molecule has 1 fully saturated rings. The van der Waals surface area contributed by atoms with Crippen LogP contribution in [0.3, 0.4) is 0 Å². The van der Waals surface area contributed by atoms with Gasteiger partial charge in [0.15, 0.2) is 0 Å². The summed E-state index contributed by atoms with van der Waals surface area (Å²) in [5.41, 5.74) is 0. The first-order chi connectivity index (χ1) is 7.88. The van der Waals surface area contributed by atoms with Gasteiger partial charge >= 0.3 is 0 Å². The first-order valence-corrected chi connectivity index (χ1v) is 7.28. The van der Waals surface area contributed by atoms with Crippen LogP contribution in [0.1, 0.15) is 58.3 Å². The fraction of sp³-hybridized carbons (Fsp3) is 0.867. The van der Waals surface area contributed by atoms with Crippen LogP contribution in [0.15, 0.2) is 12.2 Å². The molecule has 0 aliphatic heterocycles. The molecule has 1 nitrogen and oxygen atoms in total. The molecule has 0 radical (unpaired) electrons. The SMILES string of the molecule is CCC1CCC(CNC2C=CCCC2)CC1. The third-order valence-electron chi connectivity index (χ3n) is 4.47. The first-order valence-electron chi connectivity index (χ1n) is 7.28. The zero-order valence-corrected chi connectivity index (χ0v) is 10.8. The van der Waals surface area contributed by atoms with Crippen LogP contribution < -0.4 is 5.32 Å². The van der Waals surface area contributed by atoms with E-state index in [2.05, 4.69) is 24.4 Å². The highest BCUT2D eigenvalue weighted by atomic mass is 14.9. The molecule has 1 N–H and O–H groups in total. The largest absolute Gasteiger partial charge is 0.310 e. The number of allylic oxidation sites excluding steroid dienone is 1. The molecule has 0 aromatic rings. The smallest absolute Gasteiger partial charge is 0.0250 e. The van der Waals surface area contributed by atoms with Crippen LogP contribution in [0.2, 0.25) is 0 Å². The molecule has 0 heterocycles. The van der Waals surface area contributed by atoms with Crippen molar-refractivity contribution in [2.75, 3.05) is 6.54 Å². The lowest BCUT2D eigenvalue weighted by molar-refractivity contribution is 0.258. The van der Waals surface area contributed by atoms with E-state index in [1.165, 1.54) is 57.9 Å². The lowest BCUT2D eigenvalue weighted by Gasteiger charge is -2.29. The summed E-state index contributed by atoms with van der Waals surface area (Å²) in [6.07, 6.45) is 16.0. The lowest BCUT2D eigenvalue weighted by Crippen LogP contribution is -2.34. The summed E-state index contributed by atoms with van der Waals surface area (Å²) in [4.78, 5) is 0. The van der Waals surface area contributed by atoms with Gasteiger partial charge in [-0.1, -0.05) is 38.3 Å². The minimum absolute atomic E-state index is 0.678. The van der Waals surface area contributed by atoms with Crippen LogP contribution in [0.25, 0.3) is 0 Å². The van der Waals surface area contributed by atoms with Crippen molar-refractivity contribution >= 4 is 0 Å². The normalized spacial score (nSPS) is 35.2. The molecule has 0 amide bonds. The highest BCUT2D eigenvalue weighted by molar-refractivity contribution is 4.97. The van der Waals surface area contributed by atoms with Crippen molar-refractivity contribution in [3.05, 3.63) is 12.2 Å². The Balaban J connectivity index is 1.63. The van der Waals surface area contributed by atoms with Gasteiger partial charge in [-0.25, -0.2) is 0 Å². The highest BCUT2D eigenvalue weighted by Crippen LogP contribution is 2.30. The second-order valence-corrected chi connectivity index (χ2v) is 5.67. The Hall–Kier alpha value is -0.300. The van der Waals surface area contributed by atoms with E-state index in [4.69, 9.17) is 0 Å². The molecule has 1 unspecified atom stereocenters. The van der Waals surface area contributed by atoms with Gasteiger partial charge in [0.1, 0.15) is 0 Å². The van der Waals surface area contributed by atoms with E-state index < -0.39 is 0 Å². The van der Waals surface area contributed by atoms with Gasteiger partial charge in [0, 0.05) is 6.04 Å². The van der Waals surface area contributed by atoms with Crippen molar-refractivity contribution in [3.63, 3.8) is 0 Å². The number of rotatable bonds is 4. The van der Waals surface area contributed by atoms with Crippen LogP contribution in [-0.2, 0) is 0 Å². The number of hydrogen-bond acceptors (Lipinski definition) is 1. The molecule has 2 rings (SSSR count). The minimum Gasteiger partial charge on any atom is -0.310 e. The van der Waals surface area contributed by atoms with Gasteiger partial charge in [-0.2, -0.15) is 0 Å². The lowest BCUT2D eigenvalue weighted by atomic mass is 9.81. The third kappa shape index (κ3) is 3.62. The Morgan fingerprint density at radius 2 is 1.81 bits per heavy atom. The molecular weight excluding hydrogens is 194 g/mol. The fourth-order valence-electron chi connectivity index (χ4n) is 3.14. The van der Waals surface area contributed by atoms with E-state index in [-0.39, 0.29) is 0 Å². The summed E-state index contributed by atoms with van der Waals surface area (Å²) in [6.45, 7) is 3.60. The number of hydrogen-bond donors (Lipinski definition) is 1. The topological polar surface area (TPSA) is 12.0 Å². The molecular formula is C15H27N. The Morgan fingerprint density at radius 1 is 1.06 bits per heavy atom. The Labute approximate surface area is 101 Å². The van der Waals surface area contributed by atoms with Crippen LogP contribution in [0.5, 0.6) is 0 Å². The molecule has 2 aliphatic rings. The molecule has 0 bridgehead atoms. The molecule has 0 spiro atoms. The summed E-state index contributed by atoms with van der Waals surface area (Å²) in [6, 6.07) is 0.678. The minimum atomic E-state index is 0.678. The molecule has 0 saturated heterocycles. The van der Waals surface area contributed by atoms with Gasteiger partial charge in [0.25, 0.3) is 0 Å². The maximum absolute atomic E-state index is 3.74. The van der Waals surface area contributed by atoms with E-state index in [9.17, 15) is 0 Å². The molecule has 1 heteroatoms. The van der Waals surface area contributed by atoms with Crippen molar-refractivity contribution in [2.45, 2.75) is 64.3 Å². The summed E-state index contributed by atoms with van der Waals surface area (Å²) in [5, 5.41) is 3.74. The van der Waals surface area contributed by atoms with E-state index in [0.29, 0.717) is 6.04 Å². The molecule has 0 aromatic heterocycles. The summed E-state index contributed by atoms with van der Waals surface area (Å²) in [7, 11) is 0. The van der Waals surface area contributed by atoms with Crippen molar-refractivity contribution in [2.24, 2.45) is 11.8 Å². The van der Waals surface area contributed by atoms with Gasteiger partial charge in [0.2, 0.25) is 0 Å². The maximum Gasteiger partial charge on any atom is 0.0250 e. The standard InChI is InChI=1S/C15H27N/c1-2-13-8-10-14(11-9-13)12-16-15-6-4-3-5-7-15/h4,6,13-16H,2-3,5,7-12H2,1H3. The Morgan fingerprint density at radius 3 is 2.44 bits per heavy atom. The zero-order chi connectivity index (χ0) is 11.2. The summed E-state index contributed by atoms with van der Waals surface area (Å²) in [5.74, 6) is 1.99. The van der Waals surface area contributed by atoms with Crippen LogP contribution in [-0.4, -0.2) is 12.6 Å². The summed E-state index contributed by atoms with van der Waals surface area (Å²) < 4.78 is 0. The van der Waals surface area contributed by atoms with Crippen molar-refractivity contribution in [3.8, 4) is 0 Å². The van der Waals surface area contributed by atoms with E-state index >= 15 is 0 Å². The molecule has 2 aliphatic carbocycles. The quantitative estimate of drug-likeness (QED) is 0.710. The molecule has 92 valence electrons. The van der Waals surface area contributed by atoms with Crippen LogP contribution in [0.4, 0.5) is 0 Å². The van der Waals surface area contributed by atoms with Crippen molar-refractivity contribution in [1.82, 2.24) is 5.32 Å². The fourth-order valence-corrected chi connectivity index (χ4v) is 3.14. The van der Waals surface area contributed by atoms with Gasteiger partial charge in [-0.3, -0.25) is 0 Å². The monoisotopic (exact) mass is 221 g/mol. The van der Waals surface area contributed by atoms with Crippen molar-refractivity contribution in [1.29, 1.82) is 0 Å². The molecule has 0 aromatic carbocycles. The second-order valence-electron chi connectivity index (χ2n) is 5.67. The Bertz CT molecular complexity index is 213. The van der Waals surface area contributed by atoms with E-state index in [1.54, 1.807) is 0 Å². The van der Waals surface area contributed by atoms with Crippen LogP contribution in [0, 0.1) is 11.8 Å². The second kappa shape index (κ2) is 6.44. The predicted octanol–water partition coefficient (Wildman–Crippen LogP) is 3.90. The molecule has 1 atom stereocenters. The average Bonchev–Trinajstić information content (AvgIpc) is 2.38. The zero-order valence-electron chi connectivity index (χ0n) is 10.8. The summed E-state index contributed by atoms with van der Waals surface area (Å²) >= 11 is 0.